The van der Waals surface area contributed by atoms with Crippen molar-refractivity contribution < 1.29 is 27.6 Å². The molecule has 1 aromatic heterocycles. The zero-order valence-corrected chi connectivity index (χ0v) is 18.2. The lowest BCUT2D eigenvalue weighted by Gasteiger charge is -2.28. The van der Waals surface area contributed by atoms with Crippen LogP contribution in [0.1, 0.15) is 32.8 Å². The second-order valence-electron chi connectivity index (χ2n) is 8.10. The molecule has 1 saturated heterocycles. The summed E-state index contributed by atoms with van der Waals surface area (Å²) >= 11 is 1.69. The number of rotatable bonds is 4. The molecule has 0 saturated carbocycles. The third kappa shape index (κ3) is 4.64. The van der Waals surface area contributed by atoms with E-state index in [4.69, 9.17) is 0 Å². The lowest BCUT2D eigenvalue weighted by atomic mass is 10.0. The van der Waals surface area contributed by atoms with Crippen molar-refractivity contribution in [3.8, 4) is 0 Å². The van der Waals surface area contributed by atoms with Gasteiger partial charge in [0.1, 0.15) is 6.54 Å². The molecule has 0 aliphatic carbocycles. The van der Waals surface area contributed by atoms with Crippen molar-refractivity contribution in [2.24, 2.45) is 5.92 Å². The number of hydrogen-bond donors (Lipinski definition) is 1. The fraction of sp³-hybridized carbons (Fsp3) is 0.409. The lowest BCUT2D eigenvalue weighted by molar-refractivity contribution is -0.157. The number of thiophene rings is 1. The standard InChI is InChI=1S/C22H22F3N3O3S/c1-13-16(21(31)27-7-5-18-14(10-27)6-8-32-18)3-2-4-17(13)26-20(30)15-9-19(29)28(11-15)12-22(23,24)25/h2-4,6,8,15H,5,7,9-12H2,1H3,(H,26,30). The van der Waals surface area contributed by atoms with Gasteiger partial charge in [-0.05, 0) is 48.1 Å². The van der Waals surface area contributed by atoms with E-state index >= 15 is 0 Å². The minimum absolute atomic E-state index is 0.136. The maximum Gasteiger partial charge on any atom is 0.406 e. The van der Waals surface area contributed by atoms with Gasteiger partial charge in [0.25, 0.3) is 5.91 Å². The maximum absolute atomic E-state index is 13.1. The second kappa shape index (κ2) is 8.57. The first-order valence-electron chi connectivity index (χ1n) is 10.2. The number of likely N-dealkylation sites (tertiary alicyclic amines) is 1. The molecule has 1 atom stereocenters. The lowest BCUT2D eigenvalue weighted by Crippen LogP contribution is -2.36. The topological polar surface area (TPSA) is 69.7 Å². The zero-order valence-electron chi connectivity index (χ0n) is 17.4. The Morgan fingerprint density at radius 3 is 2.78 bits per heavy atom. The van der Waals surface area contributed by atoms with Gasteiger partial charge in [0.2, 0.25) is 11.8 Å². The number of nitrogens with one attached hydrogen (secondary N) is 1. The molecule has 0 radical (unpaired) electrons. The summed E-state index contributed by atoms with van der Waals surface area (Å²) in [6.07, 6.45) is -3.97. The van der Waals surface area contributed by atoms with Crippen LogP contribution in [-0.4, -0.2) is 53.3 Å². The highest BCUT2D eigenvalue weighted by Gasteiger charge is 2.40. The van der Waals surface area contributed by atoms with Crippen molar-refractivity contribution in [2.75, 3.05) is 25.0 Å². The quantitative estimate of drug-likeness (QED) is 0.750. The van der Waals surface area contributed by atoms with Crippen LogP contribution in [-0.2, 0) is 22.6 Å². The highest BCUT2D eigenvalue weighted by molar-refractivity contribution is 7.10. The van der Waals surface area contributed by atoms with E-state index in [0.29, 0.717) is 34.8 Å². The number of benzene rings is 1. The highest BCUT2D eigenvalue weighted by Crippen LogP contribution is 2.28. The molecule has 1 fully saturated rings. The first-order chi connectivity index (χ1) is 15.1. The van der Waals surface area contributed by atoms with E-state index in [1.165, 1.54) is 4.88 Å². The van der Waals surface area contributed by atoms with Gasteiger partial charge in [-0.25, -0.2) is 0 Å². The first kappa shape index (κ1) is 22.3. The average Bonchev–Trinajstić information content (AvgIpc) is 3.34. The Morgan fingerprint density at radius 2 is 2.03 bits per heavy atom. The van der Waals surface area contributed by atoms with Crippen molar-refractivity contribution in [1.29, 1.82) is 0 Å². The molecule has 0 spiro atoms. The Labute approximate surface area is 187 Å². The second-order valence-corrected chi connectivity index (χ2v) is 9.10. The normalized spacial score (nSPS) is 18.6. The van der Waals surface area contributed by atoms with Crippen molar-refractivity contribution in [3.05, 3.63) is 51.2 Å². The van der Waals surface area contributed by atoms with Gasteiger partial charge >= 0.3 is 6.18 Å². The molecule has 1 unspecified atom stereocenters. The molecule has 2 aliphatic heterocycles. The molecular formula is C22H22F3N3O3S. The number of alkyl halides is 3. The molecule has 10 heteroatoms. The van der Waals surface area contributed by atoms with Gasteiger partial charge in [-0.3, -0.25) is 14.4 Å². The van der Waals surface area contributed by atoms with Crippen molar-refractivity contribution in [2.45, 2.75) is 32.5 Å². The van der Waals surface area contributed by atoms with E-state index in [-0.39, 0.29) is 18.9 Å². The van der Waals surface area contributed by atoms with E-state index in [0.717, 1.165) is 12.0 Å². The van der Waals surface area contributed by atoms with Crippen LogP contribution in [0.25, 0.3) is 0 Å². The average molecular weight is 465 g/mol. The van der Waals surface area contributed by atoms with E-state index in [9.17, 15) is 27.6 Å². The number of carbonyl (C=O) groups is 3. The molecule has 6 nitrogen and oxygen atoms in total. The van der Waals surface area contributed by atoms with Crippen LogP contribution >= 0.6 is 11.3 Å². The molecule has 4 rings (SSSR count). The van der Waals surface area contributed by atoms with Gasteiger partial charge in [0.05, 0.1) is 5.92 Å². The van der Waals surface area contributed by atoms with Gasteiger partial charge in [-0.15, -0.1) is 11.3 Å². The third-order valence-corrected chi connectivity index (χ3v) is 6.90. The Hall–Kier alpha value is -2.88. The molecule has 3 heterocycles. The predicted molar refractivity (Wildman–Crippen MR) is 113 cm³/mol. The van der Waals surface area contributed by atoms with Crippen LogP contribution in [0, 0.1) is 12.8 Å². The summed E-state index contributed by atoms with van der Waals surface area (Å²) in [5.41, 5.74) is 2.60. The van der Waals surface area contributed by atoms with Crippen molar-refractivity contribution in [1.82, 2.24) is 9.80 Å². The van der Waals surface area contributed by atoms with Gasteiger partial charge in [-0.2, -0.15) is 13.2 Å². The summed E-state index contributed by atoms with van der Waals surface area (Å²) in [6, 6.07) is 7.02. The number of fused-ring (bicyclic) bond motifs is 1. The number of anilines is 1. The predicted octanol–water partition coefficient (Wildman–Crippen LogP) is 3.60. The molecule has 170 valence electrons. The molecule has 3 amide bonds. The maximum atomic E-state index is 13.1. The smallest absolute Gasteiger partial charge is 0.334 e. The first-order valence-corrected chi connectivity index (χ1v) is 11.1. The Morgan fingerprint density at radius 1 is 1.25 bits per heavy atom. The number of hydrogen-bond acceptors (Lipinski definition) is 4. The van der Waals surface area contributed by atoms with E-state index in [1.54, 1.807) is 41.4 Å². The third-order valence-electron chi connectivity index (χ3n) is 5.87. The molecule has 32 heavy (non-hydrogen) atoms. The molecular weight excluding hydrogens is 443 g/mol. The molecule has 2 aromatic rings. The summed E-state index contributed by atoms with van der Waals surface area (Å²) in [5.74, 6) is -2.23. The summed E-state index contributed by atoms with van der Waals surface area (Å²) in [4.78, 5) is 41.4. The minimum atomic E-state index is -4.51. The number of nitrogens with zero attached hydrogens (tertiary/aromatic N) is 2. The van der Waals surface area contributed by atoms with E-state index in [1.807, 2.05) is 11.4 Å². The summed E-state index contributed by atoms with van der Waals surface area (Å²) in [5, 5.41) is 4.72. The minimum Gasteiger partial charge on any atom is -0.334 e. The summed E-state index contributed by atoms with van der Waals surface area (Å²) < 4.78 is 37.8. The fourth-order valence-electron chi connectivity index (χ4n) is 4.15. The van der Waals surface area contributed by atoms with Gasteiger partial charge in [-0.1, -0.05) is 6.07 Å². The van der Waals surface area contributed by atoms with Crippen LogP contribution in [0.4, 0.5) is 18.9 Å². The molecule has 1 N–H and O–H groups in total. The van der Waals surface area contributed by atoms with Crippen molar-refractivity contribution >= 4 is 34.7 Å². The van der Waals surface area contributed by atoms with Crippen LogP contribution in [0.2, 0.25) is 0 Å². The summed E-state index contributed by atoms with van der Waals surface area (Å²) in [7, 11) is 0. The van der Waals surface area contributed by atoms with Crippen molar-refractivity contribution in [3.63, 3.8) is 0 Å². The molecule has 2 aliphatic rings. The molecule has 0 bridgehead atoms. The zero-order chi connectivity index (χ0) is 23.0. The van der Waals surface area contributed by atoms with Crippen LogP contribution in [0.5, 0.6) is 0 Å². The van der Waals surface area contributed by atoms with E-state index < -0.39 is 30.5 Å². The van der Waals surface area contributed by atoms with Crippen LogP contribution in [0.3, 0.4) is 0 Å². The number of carbonyl (C=O) groups excluding carboxylic acids is 3. The number of amides is 3. The Kier molecular flexibility index (Phi) is 5.98. The Balaban J connectivity index is 1.44. The van der Waals surface area contributed by atoms with Gasteiger partial charge < -0.3 is 15.1 Å². The van der Waals surface area contributed by atoms with Gasteiger partial charge in [0, 0.05) is 42.2 Å². The summed E-state index contributed by atoms with van der Waals surface area (Å²) in [6.45, 7) is 1.23. The van der Waals surface area contributed by atoms with Crippen LogP contribution < -0.4 is 5.32 Å². The monoisotopic (exact) mass is 465 g/mol. The molecule has 1 aromatic carbocycles. The van der Waals surface area contributed by atoms with Gasteiger partial charge in [0.15, 0.2) is 0 Å². The van der Waals surface area contributed by atoms with Crippen LogP contribution in [0.15, 0.2) is 29.6 Å². The Bertz CT molecular complexity index is 1070. The SMILES string of the molecule is Cc1c(NC(=O)C2CC(=O)N(CC(F)(F)F)C2)cccc1C(=O)N1CCc2sccc2C1. The largest absolute Gasteiger partial charge is 0.406 e. The fourth-order valence-corrected chi connectivity index (χ4v) is 5.04. The number of halogens is 3. The van der Waals surface area contributed by atoms with E-state index in [2.05, 4.69) is 5.32 Å². The highest BCUT2D eigenvalue weighted by atomic mass is 32.1.